The van der Waals surface area contributed by atoms with Crippen LogP contribution in [0.4, 0.5) is 4.79 Å². The lowest BCUT2D eigenvalue weighted by molar-refractivity contribution is -0.0779. The van der Waals surface area contributed by atoms with Crippen molar-refractivity contribution in [1.82, 2.24) is 9.62 Å². The van der Waals surface area contributed by atoms with Gasteiger partial charge in [-0.1, -0.05) is 0 Å². The van der Waals surface area contributed by atoms with Crippen molar-refractivity contribution in [1.29, 1.82) is 0 Å². The number of rotatable bonds is 5. The lowest BCUT2D eigenvalue weighted by Gasteiger charge is -2.24. The number of urea groups is 1. The molecule has 1 unspecified atom stereocenters. The molecule has 1 aliphatic rings. The Hall–Kier alpha value is -2.00. The number of nitrogens with zero attached hydrogens (tertiary/aromatic N) is 1. The maximum atomic E-state index is 12.2. The van der Waals surface area contributed by atoms with E-state index in [1.54, 1.807) is 26.2 Å². The third-order valence-electron chi connectivity index (χ3n) is 3.83. The molecule has 0 radical (unpaired) electrons. The van der Waals surface area contributed by atoms with Crippen LogP contribution in [0, 0.1) is 0 Å². The Morgan fingerprint density at radius 1 is 1.42 bits per heavy atom. The molecule has 0 aliphatic carbocycles. The van der Waals surface area contributed by atoms with Gasteiger partial charge in [-0.3, -0.25) is 0 Å². The van der Waals surface area contributed by atoms with E-state index in [0.29, 0.717) is 16.6 Å². The summed E-state index contributed by atoms with van der Waals surface area (Å²) in [6.07, 6.45) is -0.475. The Morgan fingerprint density at radius 3 is 2.67 bits per heavy atom. The second-order valence-electron chi connectivity index (χ2n) is 5.91. The van der Waals surface area contributed by atoms with Crippen molar-refractivity contribution in [3.05, 3.63) is 23.8 Å². The highest BCUT2D eigenvalue weighted by Crippen LogP contribution is 2.44. The molecule has 2 rings (SSSR count). The zero-order valence-corrected chi connectivity index (χ0v) is 15.1. The molecule has 1 aromatic carbocycles. The van der Waals surface area contributed by atoms with E-state index in [9.17, 15) is 13.2 Å². The molecule has 0 saturated heterocycles. The van der Waals surface area contributed by atoms with Crippen molar-refractivity contribution in [2.24, 2.45) is 0 Å². The Labute approximate surface area is 141 Å². The molecule has 0 aromatic heterocycles. The van der Waals surface area contributed by atoms with Crippen LogP contribution in [0.1, 0.15) is 26.3 Å². The van der Waals surface area contributed by atoms with Crippen molar-refractivity contribution in [2.45, 2.75) is 32.5 Å². The number of carbonyl (C=O) groups excluding carboxylic acids is 1. The molecule has 0 saturated carbocycles. The predicted octanol–water partition coefficient (Wildman–Crippen LogP) is 1.61. The number of ether oxygens (including phenoxy) is 2. The summed E-state index contributed by atoms with van der Waals surface area (Å²) < 4.78 is 40.9. The molecule has 1 N–H and O–H groups in total. The van der Waals surface area contributed by atoms with Crippen LogP contribution in [0.3, 0.4) is 0 Å². The first-order valence-corrected chi connectivity index (χ1v) is 8.80. The zero-order valence-electron chi connectivity index (χ0n) is 14.3. The third kappa shape index (κ3) is 3.27. The van der Waals surface area contributed by atoms with Gasteiger partial charge in [-0.25, -0.2) is 4.79 Å². The van der Waals surface area contributed by atoms with E-state index in [-0.39, 0.29) is 5.75 Å². The molecular formula is C15H22N2O6S. The maximum Gasteiger partial charge on any atom is 0.413 e. The number of benzene rings is 1. The molecule has 0 bridgehead atoms. The maximum absolute atomic E-state index is 12.2. The predicted molar refractivity (Wildman–Crippen MR) is 87.3 cm³/mol. The summed E-state index contributed by atoms with van der Waals surface area (Å²) in [5, 5.41) is 2.40. The lowest BCUT2D eigenvalue weighted by Crippen LogP contribution is -2.42. The lowest BCUT2D eigenvalue weighted by atomic mass is 9.85. The third-order valence-corrected chi connectivity index (χ3v) is 5.07. The quantitative estimate of drug-likeness (QED) is 0.859. The monoisotopic (exact) mass is 358 g/mol. The molecule has 1 aliphatic heterocycles. The standard InChI is InChI=1S/C15H22N2O6S/c1-6-16-14(18)17(4)24(19,20)23-10-7-8-12-11(9-10)15(2,3)13(21-5)22-12/h7-9,13H,6H2,1-5H3,(H,16,18). The van der Waals surface area contributed by atoms with Crippen LogP contribution in [-0.4, -0.2) is 45.7 Å². The minimum absolute atomic E-state index is 0.0957. The van der Waals surface area contributed by atoms with Gasteiger partial charge >= 0.3 is 16.3 Å². The van der Waals surface area contributed by atoms with Gasteiger partial charge in [0.1, 0.15) is 11.5 Å². The van der Waals surface area contributed by atoms with Gasteiger partial charge in [0, 0.05) is 26.3 Å². The number of fused-ring (bicyclic) bond motifs is 1. The van der Waals surface area contributed by atoms with E-state index < -0.39 is 28.0 Å². The fourth-order valence-electron chi connectivity index (χ4n) is 2.44. The van der Waals surface area contributed by atoms with E-state index in [4.69, 9.17) is 13.7 Å². The Bertz CT molecular complexity index is 731. The Morgan fingerprint density at radius 2 is 2.08 bits per heavy atom. The van der Waals surface area contributed by atoms with E-state index in [0.717, 1.165) is 12.6 Å². The van der Waals surface area contributed by atoms with Crippen molar-refractivity contribution in [3.63, 3.8) is 0 Å². The van der Waals surface area contributed by atoms with Gasteiger partial charge in [0.2, 0.25) is 6.29 Å². The molecule has 1 aromatic rings. The smallest absolute Gasteiger partial charge is 0.413 e. The Balaban J connectivity index is 2.26. The van der Waals surface area contributed by atoms with Crippen molar-refractivity contribution in [2.75, 3.05) is 20.7 Å². The second-order valence-corrected chi connectivity index (χ2v) is 7.48. The SMILES string of the molecule is CCNC(=O)N(C)S(=O)(=O)Oc1ccc2c(c1)C(C)(C)C(OC)O2. The first-order chi connectivity index (χ1) is 11.1. The highest BCUT2D eigenvalue weighted by Gasteiger charge is 2.42. The summed E-state index contributed by atoms with van der Waals surface area (Å²) >= 11 is 0. The van der Waals surface area contributed by atoms with Crippen LogP contribution < -0.4 is 14.2 Å². The molecular weight excluding hydrogens is 336 g/mol. The highest BCUT2D eigenvalue weighted by atomic mass is 32.2. The number of amides is 2. The van der Waals surface area contributed by atoms with Gasteiger partial charge in [-0.15, -0.1) is 0 Å². The first-order valence-electron chi connectivity index (χ1n) is 7.43. The number of hydrogen-bond acceptors (Lipinski definition) is 6. The van der Waals surface area contributed by atoms with E-state index in [1.165, 1.54) is 6.07 Å². The summed E-state index contributed by atoms with van der Waals surface area (Å²) in [5.74, 6) is 0.701. The molecule has 0 spiro atoms. The van der Waals surface area contributed by atoms with E-state index in [1.807, 2.05) is 13.8 Å². The van der Waals surface area contributed by atoms with Gasteiger partial charge < -0.3 is 19.0 Å². The van der Waals surface area contributed by atoms with Crippen LogP contribution in [-0.2, 0) is 20.5 Å². The van der Waals surface area contributed by atoms with Crippen LogP contribution >= 0.6 is 0 Å². The average molecular weight is 358 g/mol. The summed E-state index contributed by atoms with van der Waals surface area (Å²) in [4.78, 5) is 11.7. The van der Waals surface area contributed by atoms with Crippen LogP contribution in [0.5, 0.6) is 11.5 Å². The minimum atomic E-state index is -4.26. The number of carbonyl (C=O) groups is 1. The summed E-state index contributed by atoms with van der Waals surface area (Å²) in [6.45, 7) is 5.84. The van der Waals surface area contributed by atoms with Gasteiger partial charge in [-0.05, 0) is 39.0 Å². The second kappa shape index (κ2) is 6.48. The molecule has 134 valence electrons. The average Bonchev–Trinajstić information content (AvgIpc) is 2.77. The molecule has 1 atom stereocenters. The fraction of sp³-hybridized carbons (Fsp3) is 0.533. The van der Waals surface area contributed by atoms with Crippen LogP contribution in [0.2, 0.25) is 0 Å². The summed E-state index contributed by atoms with van der Waals surface area (Å²) in [5.41, 5.74) is 0.293. The number of nitrogens with one attached hydrogen (secondary N) is 1. The first kappa shape index (κ1) is 18.3. The molecule has 8 nitrogen and oxygen atoms in total. The van der Waals surface area contributed by atoms with E-state index in [2.05, 4.69) is 5.32 Å². The van der Waals surface area contributed by atoms with Gasteiger partial charge in [0.25, 0.3) is 0 Å². The van der Waals surface area contributed by atoms with Gasteiger partial charge in [-0.2, -0.15) is 12.7 Å². The molecule has 1 heterocycles. The molecule has 0 fully saturated rings. The zero-order chi connectivity index (χ0) is 18.1. The Kier molecular flexibility index (Phi) is 4.95. The molecule has 9 heteroatoms. The highest BCUT2D eigenvalue weighted by molar-refractivity contribution is 7.85. The van der Waals surface area contributed by atoms with Crippen molar-refractivity contribution < 1.29 is 26.9 Å². The minimum Gasteiger partial charge on any atom is -0.464 e. The van der Waals surface area contributed by atoms with Crippen LogP contribution in [0.25, 0.3) is 0 Å². The molecule has 24 heavy (non-hydrogen) atoms. The summed E-state index contributed by atoms with van der Waals surface area (Å²) in [6, 6.07) is 3.91. The van der Waals surface area contributed by atoms with Crippen LogP contribution in [0.15, 0.2) is 18.2 Å². The summed E-state index contributed by atoms with van der Waals surface area (Å²) in [7, 11) is -1.59. The number of methoxy groups -OCH3 is 1. The molecule has 2 amide bonds. The van der Waals surface area contributed by atoms with Crippen molar-refractivity contribution >= 4 is 16.3 Å². The van der Waals surface area contributed by atoms with Gasteiger partial charge in [0.05, 0.1) is 5.41 Å². The van der Waals surface area contributed by atoms with Crippen molar-refractivity contribution in [3.8, 4) is 11.5 Å². The fourth-order valence-corrected chi connectivity index (χ4v) is 3.17. The largest absolute Gasteiger partial charge is 0.464 e. The number of hydrogen-bond donors (Lipinski definition) is 1. The topological polar surface area (TPSA) is 94.2 Å². The van der Waals surface area contributed by atoms with Gasteiger partial charge in [0.15, 0.2) is 0 Å². The van der Waals surface area contributed by atoms with E-state index >= 15 is 0 Å². The normalized spacial score (nSPS) is 18.5.